The first kappa shape index (κ1) is 17.2. The zero-order valence-corrected chi connectivity index (χ0v) is 13.2. The van der Waals surface area contributed by atoms with E-state index in [0.717, 1.165) is 19.3 Å². The quantitative estimate of drug-likeness (QED) is 0.817. The summed E-state index contributed by atoms with van der Waals surface area (Å²) in [6.45, 7) is 1.49. The summed E-state index contributed by atoms with van der Waals surface area (Å²) < 4.78 is 22.7. The van der Waals surface area contributed by atoms with Crippen LogP contribution in [-0.2, 0) is 14.3 Å². The van der Waals surface area contributed by atoms with Crippen LogP contribution in [0.25, 0.3) is 0 Å². The predicted molar refractivity (Wildman–Crippen MR) is 82.4 cm³/mol. The number of hydrogen-bond donors (Lipinski definition) is 1. The van der Waals surface area contributed by atoms with E-state index in [1.807, 2.05) is 0 Å². The van der Waals surface area contributed by atoms with Crippen molar-refractivity contribution in [2.45, 2.75) is 38.6 Å². The summed E-state index contributed by atoms with van der Waals surface area (Å²) in [6.07, 6.45) is 4.38. The fourth-order valence-corrected chi connectivity index (χ4v) is 2.64. The third kappa shape index (κ3) is 5.88. The van der Waals surface area contributed by atoms with E-state index >= 15 is 0 Å². The van der Waals surface area contributed by atoms with Gasteiger partial charge < -0.3 is 14.8 Å². The molecule has 0 aliphatic heterocycles. The minimum Gasteiger partial charge on any atom is -0.482 e. The first-order valence-corrected chi connectivity index (χ1v) is 7.88. The molecule has 2 rings (SSSR count). The van der Waals surface area contributed by atoms with Crippen molar-refractivity contribution in [2.75, 3.05) is 13.2 Å². The second-order valence-corrected chi connectivity index (χ2v) is 5.84. The van der Waals surface area contributed by atoms with Crippen LogP contribution in [0.5, 0.6) is 5.75 Å². The van der Waals surface area contributed by atoms with Crippen molar-refractivity contribution in [3.63, 3.8) is 0 Å². The molecule has 0 unspecified atom stereocenters. The summed E-state index contributed by atoms with van der Waals surface area (Å²) in [6, 6.07) is 5.46. The average Bonchev–Trinajstić information content (AvgIpc) is 2.54. The highest BCUT2D eigenvalue weighted by Crippen LogP contribution is 2.23. The monoisotopic (exact) mass is 323 g/mol. The second kappa shape index (κ2) is 8.50. The number of halogens is 1. The highest BCUT2D eigenvalue weighted by atomic mass is 19.1. The van der Waals surface area contributed by atoms with Gasteiger partial charge in [0.2, 0.25) is 0 Å². The van der Waals surface area contributed by atoms with Gasteiger partial charge in [0.1, 0.15) is 11.6 Å². The van der Waals surface area contributed by atoms with Crippen LogP contribution in [0.15, 0.2) is 24.3 Å². The van der Waals surface area contributed by atoms with Gasteiger partial charge in [0.05, 0.1) is 0 Å². The normalized spacial score (nSPS) is 20.6. The molecule has 1 aromatic carbocycles. The standard InChI is InChI=1S/C17H22FNO4/c1-12-4-2-3-5-15(12)19-16(20)10-23-17(21)11-22-14-8-6-13(18)7-9-14/h6-9,12,15H,2-5,10-11H2,1H3,(H,19,20)/t12-,15-/m1/s1. The van der Waals surface area contributed by atoms with E-state index in [9.17, 15) is 14.0 Å². The number of ether oxygens (including phenoxy) is 2. The molecule has 1 amide bonds. The van der Waals surface area contributed by atoms with Crippen LogP contribution in [0, 0.1) is 11.7 Å². The highest BCUT2D eigenvalue weighted by molar-refractivity contribution is 5.81. The molecular weight excluding hydrogens is 301 g/mol. The van der Waals surface area contributed by atoms with Crippen molar-refractivity contribution in [2.24, 2.45) is 5.92 Å². The molecule has 0 saturated heterocycles. The first-order valence-electron chi connectivity index (χ1n) is 7.88. The molecule has 6 heteroatoms. The fraction of sp³-hybridized carbons (Fsp3) is 0.529. The maximum absolute atomic E-state index is 12.7. The van der Waals surface area contributed by atoms with E-state index in [0.29, 0.717) is 11.7 Å². The van der Waals surface area contributed by atoms with Crippen molar-refractivity contribution >= 4 is 11.9 Å². The van der Waals surface area contributed by atoms with E-state index < -0.39 is 5.97 Å². The summed E-state index contributed by atoms with van der Waals surface area (Å²) in [5.74, 6) is -0.498. The summed E-state index contributed by atoms with van der Waals surface area (Å²) in [5, 5.41) is 2.91. The lowest BCUT2D eigenvalue weighted by Gasteiger charge is -2.29. The van der Waals surface area contributed by atoms with Crippen molar-refractivity contribution < 1.29 is 23.5 Å². The maximum atomic E-state index is 12.7. The minimum absolute atomic E-state index is 0.158. The van der Waals surface area contributed by atoms with E-state index in [1.165, 1.54) is 30.7 Å². The molecule has 1 aliphatic rings. The van der Waals surface area contributed by atoms with Crippen LogP contribution >= 0.6 is 0 Å². The number of rotatable bonds is 6. The van der Waals surface area contributed by atoms with Crippen LogP contribution in [0.1, 0.15) is 32.6 Å². The minimum atomic E-state index is -0.638. The average molecular weight is 323 g/mol. The smallest absolute Gasteiger partial charge is 0.344 e. The zero-order valence-electron chi connectivity index (χ0n) is 13.2. The molecule has 5 nitrogen and oxygen atoms in total. The Morgan fingerprint density at radius 3 is 2.57 bits per heavy atom. The number of amides is 1. The van der Waals surface area contributed by atoms with Gasteiger partial charge in [-0.05, 0) is 43.0 Å². The number of carbonyl (C=O) groups excluding carboxylic acids is 2. The first-order chi connectivity index (χ1) is 11.0. The maximum Gasteiger partial charge on any atom is 0.344 e. The van der Waals surface area contributed by atoms with Crippen LogP contribution < -0.4 is 10.1 Å². The number of carbonyl (C=O) groups is 2. The van der Waals surface area contributed by atoms with E-state index in [4.69, 9.17) is 9.47 Å². The Bertz CT molecular complexity index is 532. The Balaban J connectivity index is 1.65. The van der Waals surface area contributed by atoms with Gasteiger partial charge in [-0.1, -0.05) is 19.8 Å². The number of esters is 1. The molecule has 0 radical (unpaired) electrons. The van der Waals surface area contributed by atoms with Gasteiger partial charge in [-0.3, -0.25) is 4.79 Å². The van der Waals surface area contributed by atoms with Gasteiger partial charge in [-0.2, -0.15) is 0 Å². The van der Waals surface area contributed by atoms with Gasteiger partial charge in [-0.25, -0.2) is 9.18 Å². The molecule has 126 valence electrons. The molecular formula is C17H22FNO4. The Hall–Kier alpha value is -2.11. The largest absolute Gasteiger partial charge is 0.482 e. The van der Waals surface area contributed by atoms with Crippen molar-refractivity contribution in [3.05, 3.63) is 30.1 Å². The third-order valence-electron chi connectivity index (χ3n) is 3.99. The van der Waals surface area contributed by atoms with Crippen molar-refractivity contribution in [1.29, 1.82) is 0 Å². The number of hydrogen-bond acceptors (Lipinski definition) is 4. The Kier molecular flexibility index (Phi) is 6.38. The second-order valence-electron chi connectivity index (χ2n) is 5.84. The Morgan fingerprint density at radius 2 is 1.87 bits per heavy atom. The summed E-state index contributed by atoms with van der Waals surface area (Å²) in [4.78, 5) is 23.3. The van der Waals surface area contributed by atoms with Crippen LogP contribution in [0.4, 0.5) is 4.39 Å². The molecule has 0 heterocycles. The Morgan fingerprint density at radius 1 is 1.17 bits per heavy atom. The van der Waals surface area contributed by atoms with Crippen LogP contribution in [-0.4, -0.2) is 31.1 Å². The predicted octanol–water partition coefficient (Wildman–Crippen LogP) is 2.44. The van der Waals surface area contributed by atoms with Crippen molar-refractivity contribution in [3.8, 4) is 5.75 Å². The Labute approximate surface area is 135 Å². The summed E-state index contributed by atoms with van der Waals surface area (Å²) in [7, 11) is 0. The topological polar surface area (TPSA) is 64.6 Å². The molecule has 1 aliphatic carbocycles. The lowest BCUT2D eigenvalue weighted by molar-refractivity contribution is -0.150. The molecule has 1 saturated carbocycles. The van der Waals surface area contributed by atoms with E-state index in [-0.39, 0.29) is 31.0 Å². The SMILES string of the molecule is C[C@@H]1CCCC[C@H]1NC(=O)COC(=O)COc1ccc(F)cc1. The summed E-state index contributed by atoms with van der Waals surface area (Å²) in [5.41, 5.74) is 0. The lowest BCUT2D eigenvalue weighted by atomic mass is 9.86. The summed E-state index contributed by atoms with van der Waals surface area (Å²) >= 11 is 0. The van der Waals surface area contributed by atoms with Crippen LogP contribution in [0.2, 0.25) is 0 Å². The van der Waals surface area contributed by atoms with Gasteiger partial charge in [0, 0.05) is 6.04 Å². The fourth-order valence-electron chi connectivity index (χ4n) is 2.64. The third-order valence-corrected chi connectivity index (χ3v) is 3.99. The number of benzene rings is 1. The molecule has 1 N–H and O–H groups in total. The molecule has 1 aromatic rings. The molecule has 23 heavy (non-hydrogen) atoms. The van der Waals surface area contributed by atoms with Gasteiger partial charge in [0.25, 0.3) is 5.91 Å². The lowest BCUT2D eigenvalue weighted by Crippen LogP contribution is -2.43. The number of nitrogens with one attached hydrogen (secondary N) is 1. The molecule has 2 atom stereocenters. The molecule has 0 spiro atoms. The molecule has 0 aromatic heterocycles. The molecule has 1 fully saturated rings. The van der Waals surface area contributed by atoms with Gasteiger partial charge >= 0.3 is 5.97 Å². The van der Waals surface area contributed by atoms with Gasteiger partial charge in [-0.15, -0.1) is 0 Å². The van der Waals surface area contributed by atoms with Crippen molar-refractivity contribution in [1.82, 2.24) is 5.32 Å². The van der Waals surface area contributed by atoms with E-state index in [2.05, 4.69) is 12.2 Å². The molecule has 0 bridgehead atoms. The zero-order chi connectivity index (χ0) is 16.7. The van der Waals surface area contributed by atoms with Gasteiger partial charge in [0.15, 0.2) is 13.2 Å². The van der Waals surface area contributed by atoms with E-state index in [1.54, 1.807) is 0 Å². The van der Waals surface area contributed by atoms with Crippen LogP contribution in [0.3, 0.4) is 0 Å². The highest BCUT2D eigenvalue weighted by Gasteiger charge is 2.23.